The first-order valence-corrected chi connectivity index (χ1v) is 6.17. The molecule has 0 amide bonds. The number of carbonyl (C=O) groups is 1. The van der Waals surface area contributed by atoms with Gasteiger partial charge in [0.25, 0.3) is 0 Å². The molecule has 0 bridgehead atoms. The van der Waals surface area contributed by atoms with E-state index in [4.69, 9.17) is 4.74 Å². The molecular weight excluding hydrogens is 258 g/mol. The Labute approximate surface area is 117 Å². The first kappa shape index (κ1) is 14.0. The van der Waals surface area contributed by atoms with E-state index in [1.807, 2.05) is 25.1 Å². The smallest absolute Gasteiger partial charge is 0.331 e. The average molecular weight is 275 g/mol. The van der Waals surface area contributed by atoms with Crippen LogP contribution in [0.2, 0.25) is 0 Å². The number of carboxylic acids is 1. The van der Waals surface area contributed by atoms with Crippen LogP contribution >= 0.6 is 0 Å². The topological polar surface area (TPSA) is 77.2 Å². The van der Waals surface area contributed by atoms with Gasteiger partial charge in [0.15, 0.2) is 5.54 Å². The van der Waals surface area contributed by atoms with Gasteiger partial charge in [0, 0.05) is 5.56 Å². The maximum atomic E-state index is 11.4. The van der Waals surface area contributed by atoms with E-state index in [1.54, 1.807) is 27.2 Å². The Kier molecular flexibility index (Phi) is 3.48. The minimum atomic E-state index is -1.19. The highest BCUT2D eigenvalue weighted by atomic mass is 16.5. The molecule has 0 saturated heterocycles. The van der Waals surface area contributed by atoms with Gasteiger partial charge in [-0.2, -0.15) is 0 Å². The third kappa shape index (κ3) is 2.24. The van der Waals surface area contributed by atoms with Gasteiger partial charge in [0.2, 0.25) is 0 Å². The highest BCUT2D eigenvalue weighted by molar-refractivity contribution is 5.77. The van der Waals surface area contributed by atoms with Crippen LogP contribution in [0.15, 0.2) is 24.4 Å². The van der Waals surface area contributed by atoms with Crippen molar-refractivity contribution < 1.29 is 14.6 Å². The summed E-state index contributed by atoms with van der Waals surface area (Å²) in [4.78, 5) is 11.4. The quantitative estimate of drug-likeness (QED) is 0.924. The fraction of sp³-hybridized carbons (Fsp3) is 0.357. The zero-order chi connectivity index (χ0) is 14.9. The van der Waals surface area contributed by atoms with Crippen molar-refractivity contribution >= 4 is 5.97 Å². The number of aromatic nitrogens is 3. The van der Waals surface area contributed by atoms with E-state index in [9.17, 15) is 9.90 Å². The molecule has 0 fully saturated rings. The van der Waals surface area contributed by atoms with Gasteiger partial charge in [0.1, 0.15) is 5.75 Å². The standard InChI is InChI=1S/C14H17N3O3/c1-9-5-6-12(20-4)10(7-9)11-8-15-16-17(11)14(2,3)13(18)19/h5-8H,1-4H3,(H,18,19). The molecule has 1 aromatic heterocycles. The number of benzene rings is 1. The van der Waals surface area contributed by atoms with Gasteiger partial charge in [-0.05, 0) is 32.9 Å². The van der Waals surface area contributed by atoms with Crippen molar-refractivity contribution in [2.45, 2.75) is 26.3 Å². The van der Waals surface area contributed by atoms with Crippen LogP contribution in [0.5, 0.6) is 5.75 Å². The van der Waals surface area contributed by atoms with Crippen LogP contribution in [0.1, 0.15) is 19.4 Å². The molecule has 0 aliphatic carbocycles. The molecule has 106 valence electrons. The van der Waals surface area contributed by atoms with Gasteiger partial charge in [-0.3, -0.25) is 0 Å². The monoisotopic (exact) mass is 275 g/mol. The Bertz CT molecular complexity index is 647. The first-order chi connectivity index (χ1) is 9.37. The van der Waals surface area contributed by atoms with Crippen LogP contribution in [0, 0.1) is 6.92 Å². The van der Waals surface area contributed by atoms with Crippen molar-refractivity contribution in [1.29, 1.82) is 0 Å². The maximum absolute atomic E-state index is 11.4. The number of rotatable bonds is 4. The van der Waals surface area contributed by atoms with Crippen LogP contribution in [0.3, 0.4) is 0 Å². The van der Waals surface area contributed by atoms with E-state index < -0.39 is 11.5 Å². The molecule has 0 saturated carbocycles. The second-order valence-electron chi connectivity index (χ2n) is 5.10. The van der Waals surface area contributed by atoms with Crippen LogP contribution in [-0.2, 0) is 10.3 Å². The zero-order valence-corrected chi connectivity index (χ0v) is 11.9. The number of carboxylic acid groups (broad SMARTS) is 1. The summed E-state index contributed by atoms with van der Waals surface area (Å²) in [7, 11) is 1.57. The van der Waals surface area contributed by atoms with Gasteiger partial charge in [-0.25, -0.2) is 9.48 Å². The number of aliphatic carboxylic acids is 1. The molecule has 6 heteroatoms. The summed E-state index contributed by atoms with van der Waals surface area (Å²) in [5, 5.41) is 17.1. The molecule has 0 atom stereocenters. The Balaban J connectivity index is 2.64. The van der Waals surface area contributed by atoms with Gasteiger partial charge in [-0.15, -0.1) is 5.10 Å². The number of nitrogens with zero attached hydrogens (tertiary/aromatic N) is 3. The Hall–Kier alpha value is -2.37. The van der Waals surface area contributed by atoms with Crippen LogP contribution in [0.4, 0.5) is 0 Å². The summed E-state index contributed by atoms with van der Waals surface area (Å²) >= 11 is 0. The summed E-state index contributed by atoms with van der Waals surface area (Å²) in [5.41, 5.74) is 1.23. The molecule has 0 aliphatic rings. The lowest BCUT2D eigenvalue weighted by Crippen LogP contribution is -2.37. The molecule has 2 aromatic rings. The normalized spacial score (nSPS) is 11.4. The Morgan fingerprint density at radius 2 is 2.10 bits per heavy atom. The number of ether oxygens (including phenoxy) is 1. The van der Waals surface area contributed by atoms with Crippen molar-refractivity contribution in [2.24, 2.45) is 0 Å². The van der Waals surface area contributed by atoms with Gasteiger partial charge < -0.3 is 9.84 Å². The van der Waals surface area contributed by atoms with E-state index >= 15 is 0 Å². The van der Waals surface area contributed by atoms with E-state index in [-0.39, 0.29) is 0 Å². The molecule has 0 radical (unpaired) electrons. The fourth-order valence-corrected chi connectivity index (χ4v) is 1.94. The van der Waals surface area contributed by atoms with Crippen molar-refractivity contribution in [2.75, 3.05) is 7.11 Å². The third-order valence-corrected chi connectivity index (χ3v) is 3.23. The Morgan fingerprint density at radius 3 is 2.70 bits per heavy atom. The molecule has 6 nitrogen and oxygen atoms in total. The molecule has 0 spiro atoms. The van der Waals surface area contributed by atoms with Gasteiger partial charge >= 0.3 is 5.97 Å². The van der Waals surface area contributed by atoms with Crippen molar-refractivity contribution in [3.63, 3.8) is 0 Å². The van der Waals surface area contributed by atoms with Crippen LogP contribution in [-0.4, -0.2) is 33.2 Å². The van der Waals surface area contributed by atoms with E-state index in [2.05, 4.69) is 10.3 Å². The van der Waals surface area contributed by atoms with Gasteiger partial charge in [0.05, 0.1) is 19.0 Å². The minimum absolute atomic E-state index is 0.609. The lowest BCUT2D eigenvalue weighted by Gasteiger charge is -2.22. The molecule has 1 N–H and O–H groups in total. The van der Waals surface area contributed by atoms with Gasteiger partial charge in [-0.1, -0.05) is 16.8 Å². The number of hydrogen-bond acceptors (Lipinski definition) is 4. The number of methoxy groups -OCH3 is 1. The van der Waals surface area contributed by atoms with E-state index in [1.165, 1.54) is 4.68 Å². The zero-order valence-electron chi connectivity index (χ0n) is 11.9. The number of hydrogen-bond donors (Lipinski definition) is 1. The van der Waals surface area contributed by atoms with Crippen LogP contribution < -0.4 is 4.74 Å². The first-order valence-electron chi connectivity index (χ1n) is 6.17. The third-order valence-electron chi connectivity index (χ3n) is 3.23. The molecule has 1 aromatic carbocycles. The summed E-state index contributed by atoms with van der Waals surface area (Å²) in [6.07, 6.45) is 1.54. The molecular formula is C14H17N3O3. The fourth-order valence-electron chi connectivity index (χ4n) is 1.94. The average Bonchev–Trinajstić information content (AvgIpc) is 2.88. The largest absolute Gasteiger partial charge is 0.496 e. The molecule has 20 heavy (non-hydrogen) atoms. The van der Waals surface area contributed by atoms with E-state index in [0.29, 0.717) is 11.4 Å². The maximum Gasteiger partial charge on any atom is 0.331 e. The summed E-state index contributed by atoms with van der Waals surface area (Å²) in [5.74, 6) is -0.323. The number of aryl methyl sites for hydroxylation is 1. The Morgan fingerprint density at radius 1 is 1.40 bits per heavy atom. The highest BCUT2D eigenvalue weighted by Gasteiger charge is 2.33. The lowest BCUT2D eigenvalue weighted by atomic mass is 10.0. The SMILES string of the molecule is COc1ccc(C)cc1-c1cnnn1C(C)(C)C(=O)O. The highest BCUT2D eigenvalue weighted by Crippen LogP contribution is 2.32. The minimum Gasteiger partial charge on any atom is -0.496 e. The molecule has 0 unspecified atom stereocenters. The predicted molar refractivity (Wildman–Crippen MR) is 73.7 cm³/mol. The summed E-state index contributed by atoms with van der Waals surface area (Å²) in [6.45, 7) is 5.12. The molecule has 2 rings (SSSR count). The van der Waals surface area contributed by atoms with Crippen LogP contribution in [0.25, 0.3) is 11.3 Å². The molecule has 0 aliphatic heterocycles. The second kappa shape index (κ2) is 4.96. The predicted octanol–water partition coefficient (Wildman–Crippen LogP) is 2.08. The molecule has 1 heterocycles. The lowest BCUT2D eigenvalue weighted by molar-refractivity contribution is -0.146. The van der Waals surface area contributed by atoms with Crippen molar-refractivity contribution in [1.82, 2.24) is 15.0 Å². The van der Waals surface area contributed by atoms with Crippen molar-refractivity contribution in [3.8, 4) is 17.0 Å². The second-order valence-corrected chi connectivity index (χ2v) is 5.10. The summed E-state index contributed by atoms with van der Waals surface area (Å²) in [6, 6.07) is 5.69. The van der Waals surface area contributed by atoms with E-state index in [0.717, 1.165) is 11.1 Å². The summed E-state index contributed by atoms with van der Waals surface area (Å²) < 4.78 is 6.73. The van der Waals surface area contributed by atoms with Crippen molar-refractivity contribution in [3.05, 3.63) is 30.0 Å².